The zero-order valence-corrected chi connectivity index (χ0v) is 24.9. The summed E-state index contributed by atoms with van der Waals surface area (Å²) in [5, 5.41) is 21.9. The summed E-state index contributed by atoms with van der Waals surface area (Å²) in [5.41, 5.74) is 13.1. The van der Waals surface area contributed by atoms with E-state index in [-0.39, 0.29) is 6.04 Å². The fraction of sp³-hybridized carbons (Fsp3) is 0.171. The highest BCUT2D eigenvalue weighted by atomic mass is 15.2. The van der Waals surface area contributed by atoms with Crippen molar-refractivity contribution in [1.29, 1.82) is 10.5 Å². The molecular weight excluding hydrogens is 574 g/mol. The topological polar surface area (TPSA) is 158 Å². The quantitative estimate of drug-likeness (QED) is 0.244. The van der Waals surface area contributed by atoms with E-state index in [1.807, 2.05) is 47.0 Å². The van der Waals surface area contributed by atoms with E-state index in [9.17, 15) is 5.26 Å². The average Bonchev–Trinajstić information content (AvgIpc) is 3.48. The lowest BCUT2D eigenvalue weighted by atomic mass is 10.0. The van der Waals surface area contributed by atoms with Crippen LogP contribution in [-0.2, 0) is 6.54 Å². The van der Waals surface area contributed by atoms with Gasteiger partial charge in [0.1, 0.15) is 23.1 Å². The lowest BCUT2D eigenvalue weighted by Gasteiger charge is -2.32. The minimum Gasteiger partial charge on any atom is -0.383 e. The van der Waals surface area contributed by atoms with Gasteiger partial charge in [0.05, 0.1) is 22.9 Å². The molecule has 4 aromatic heterocycles. The number of nitriles is 2. The van der Waals surface area contributed by atoms with Crippen LogP contribution in [-0.4, -0.2) is 53.5 Å². The van der Waals surface area contributed by atoms with Gasteiger partial charge in [0.15, 0.2) is 11.5 Å². The summed E-state index contributed by atoms with van der Waals surface area (Å²) in [6, 6.07) is 29.7. The molecule has 0 spiro atoms. The van der Waals surface area contributed by atoms with E-state index in [0.29, 0.717) is 34.5 Å². The van der Waals surface area contributed by atoms with Gasteiger partial charge in [-0.05, 0) is 73.0 Å². The van der Waals surface area contributed by atoms with Crippen molar-refractivity contribution in [3.8, 4) is 40.5 Å². The van der Waals surface area contributed by atoms with Crippen molar-refractivity contribution in [2.24, 2.45) is 0 Å². The standard InChI is InChI=1S/C35H29N11/c36-20-24-3-1-4-25(19-24)30-10-11-31-34(43-30)46(33(44-31)29-5-2-15-39-32(29)38)28-8-6-23(7-9-28)22-45-17-13-26(14-18-45)41-35-40-16-12-27(21-37)42-35/h1-12,15-16,19,26H,13-14,17-18,22H2,(H2,38,39)(H,40,41,42). The summed E-state index contributed by atoms with van der Waals surface area (Å²) < 4.78 is 2.02. The lowest BCUT2D eigenvalue weighted by molar-refractivity contribution is 0.211. The number of fused-ring (bicyclic) bond motifs is 1. The van der Waals surface area contributed by atoms with Crippen LogP contribution in [0.25, 0.3) is 39.5 Å². The number of imidazole rings is 1. The Balaban J connectivity index is 1.14. The molecule has 0 saturated carbocycles. The summed E-state index contributed by atoms with van der Waals surface area (Å²) in [4.78, 5) is 25.2. The van der Waals surface area contributed by atoms with E-state index in [0.717, 1.165) is 60.5 Å². The number of nitrogen functional groups attached to an aromatic ring is 1. The average molecular weight is 604 g/mol. The number of rotatable bonds is 7. The number of aromatic nitrogens is 6. The van der Waals surface area contributed by atoms with E-state index in [2.05, 4.69) is 61.6 Å². The maximum atomic E-state index is 9.42. The van der Waals surface area contributed by atoms with Crippen molar-refractivity contribution in [3.05, 3.63) is 108 Å². The number of anilines is 2. The zero-order valence-electron chi connectivity index (χ0n) is 24.9. The van der Waals surface area contributed by atoms with E-state index in [1.54, 1.807) is 24.5 Å². The molecule has 1 aliphatic rings. The fourth-order valence-corrected chi connectivity index (χ4v) is 5.82. The molecule has 0 atom stereocenters. The molecule has 7 rings (SSSR count). The van der Waals surface area contributed by atoms with E-state index in [1.165, 1.54) is 5.56 Å². The second kappa shape index (κ2) is 12.4. The smallest absolute Gasteiger partial charge is 0.224 e. The third-order valence-electron chi connectivity index (χ3n) is 8.16. The summed E-state index contributed by atoms with van der Waals surface area (Å²) in [7, 11) is 0. The van der Waals surface area contributed by atoms with Crippen LogP contribution in [0, 0.1) is 22.7 Å². The predicted molar refractivity (Wildman–Crippen MR) is 175 cm³/mol. The van der Waals surface area contributed by atoms with Gasteiger partial charge < -0.3 is 11.1 Å². The molecule has 0 radical (unpaired) electrons. The number of hydrogen-bond acceptors (Lipinski definition) is 10. The number of likely N-dealkylation sites (tertiary alicyclic amines) is 1. The highest BCUT2D eigenvalue weighted by molar-refractivity contribution is 5.84. The summed E-state index contributed by atoms with van der Waals surface area (Å²) >= 11 is 0. The molecule has 0 unspecified atom stereocenters. The molecule has 1 aliphatic heterocycles. The SMILES string of the molecule is N#Cc1cccc(-c2ccc3nc(-c4cccnc4N)n(-c4ccc(CN5CCC(Nc6nccc(C#N)n6)CC5)cc4)c3n2)c1. The number of nitrogens with one attached hydrogen (secondary N) is 1. The zero-order chi connectivity index (χ0) is 31.5. The van der Waals surface area contributed by atoms with Gasteiger partial charge in [0, 0.05) is 49.3 Å². The first-order chi connectivity index (χ1) is 22.6. The molecule has 0 amide bonds. The van der Waals surface area contributed by atoms with Crippen molar-refractivity contribution in [2.75, 3.05) is 24.1 Å². The molecule has 5 heterocycles. The minimum atomic E-state index is 0.264. The van der Waals surface area contributed by atoms with Gasteiger partial charge in [-0.3, -0.25) is 9.47 Å². The number of benzene rings is 2. The maximum absolute atomic E-state index is 9.42. The van der Waals surface area contributed by atoms with E-state index < -0.39 is 0 Å². The Morgan fingerprint density at radius 2 is 1.70 bits per heavy atom. The van der Waals surface area contributed by atoms with Crippen molar-refractivity contribution in [3.63, 3.8) is 0 Å². The van der Waals surface area contributed by atoms with Gasteiger partial charge in [-0.2, -0.15) is 10.5 Å². The van der Waals surface area contributed by atoms with Gasteiger partial charge in [-0.1, -0.05) is 24.3 Å². The molecule has 2 aromatic carbocycles. The Kier molecular flexibility index (Phi) is 7.73. The molecule has 46 heavy (non-hydrogen) atoms. The van der Waals surface area contributed by atoms with Crippen LogP contribution in [0.3, 0.4) is 0 Å². The largest absolute Gasteiger partial charge is 0.383 e. The van der Waals surface area contributed by atoms with Crippen molar-refractivity contribution in [1.82, 2.24) is 34.4 Å². The summed E-state index contributed by atoms with van der Waals surface area (Å²) in [6.45, 7) is 2.71. The normalized spacial score (nSPS) is 13.7. The Bertz CT molecular complexity index is 2110. The molecule has 6 aromatic rings. The molecule has 3 N–H and O–H groups in total. The molecule has 11 nitrogen and oxygen atoms in total. The minimum absolute atomic E-state index is 0.264. The highest BCUT2D eigenvalue weighted by Gasteiger charge is 2.21. The van der Waals surface area contributed by atoms with E-state index >= 15 is 0 Å². The predicted octanol–water partition coefficient (Wildman–Crippen LogP) is 5.34. The molecule has 11 heteroatoms. The lowest BCUT2D eigenvalue weighted by Crippen LogP contribution is -2.39. The third-order valence-corrected chi connectivity index (χ3v) is 8.16. The molecule has 0 bridgehead atoms. The first-order valence-electron chi connectivity index (χ1n) is 15.0. The number of nitrogens with two attached hydrogens (primary N) is 1. The van der Waals surface area contributed by atoms with Gasteiger partial charge >= 0.3 is 0 Å². The first kappa shape index (κ1) is 28.6. The maximum Gasteiger partial charge on any atom is 0.224 e. The molecular formula is C35H29N11. The summed E-state index contributed by atoms with van der Waals surface area (Å²) in [5.74, 6) is 1.55. The molecule has 1 saturated heterocycles. The van der Waals surface area contributed by atoms with Gasteiger partial charge in [-0.15, -0.1) is 0 Å². The van der Waals surface area contributed by atoms with Crippen molar-refractivity contribution >= 4 is 22.9 Å². The van der Waals surface area contributed by atoms with Crippen LogP contribution in [0.1, 0.15) is 29.7 Å². The van der Waals surface area contributed by atoms with Crippen LogP contribution < -0.4 is 11.1 Å². The second-order valence-corrected chi connectivity index (χ2v) is 11.2. The van der Waals surface area contributed by atoms with Crippen LogP contribution in [0.4, 0.5) is 11.8 Å². The molecule has 0 aliphatic carbocycles. The Labute approximate surface area is 265 Å². The molecule has 224 valence electrons. The number of piperidine rings is 1. The second-order valence-electron chi connectivity index (χ2n) is 11.2. The Morgan fingerprint density at radius 1 is 0.848 bits per heavy atom. The third kappa shape index (κ3) is 5.83. The number of pyridine rings is 2. The Morgan fingerprint density at radius 3 is 2.48 bits per heavy atom. The molecule has 1 fully saturated rings. The van der Waals surface area contributed by atoms with Crippen molar-refractivity contribution < 1.29 is 0 Å². The van der Waals surface area contributed by atoms with Crippen molar-refractivity contribution in [2.45, 2.75) is 25.4 Å². The van der Waals surface area contributed by atoms with Crippen LogP contribution in [0.2, 0.25) is 0 Å². The highest BCUT2D eigenvalue weighted by Crippen LogP contribution is 2.32. The Hall–Kier alpha value is -6.17. The van der Waals surface area contributed by atoms with Gasteiger partial charge in [-0.25, -0.2) is 24.9 Å². The van der Waals surface area contributed by atoms with Crippen LogP contribution in [0.15, 0.2) is 91.3 Å². The first-order valence-corrected chi connectivity index (χ1v) is 15.0. The van der Waals surface area contributed by atoms with Gasteiger partial charge in [0.2, 0.25) is 5.95 Å². The van der Waals surface area contributed by atoms with Crippen LogP contribution in [0.5, 0.6) is 0 Å². The van der Waals surface area contributed by atoms with Gasteiger partial charge in [0.25, 0.3) is 0 Å². The fourth-order valence-electron chi connectivity index (χ4n) is 5.82. The monoisotopic (exact) mass is 603 g/mol. The van der Waals surface area contributed by atoms with Crippen LogP contribution >= 0.6 is 0 Å². The number of hydrogen-bond donors (Lipinski definition) is 2. The van der Waals surface area contributed by atoms with E-state index in [4.69, 9.17) is 21.0 Å². The number of nitrogens with zero attached hydrogens (tertiary/aromatic N) is 9. The summed E-state index contributed by atoms with van der Waals surface area (Å²) in [6.07, 6.45) is 5.19.